The normalized spacial score (nSPS) is 12.2. The molecule has 0 amide bonds. The first-order chi connectivity index (χ1) is 11.0. The van der Waals surface area contributed by atoms with Crippen molar-refractivity contribution in [2.45, 2.75) is 12.6 Å². The average Bonchev–Trinajstić information content (AvgIpc) is 2.51. The van der Waals surface area contributed by atoms with Gasteiger partial charge in [-0.1, -0.05) is 29.3 Å². The molecule has 0 radical (unpaired) electrons. The van der Waals surface area contributed by atoms with Gasteiger partial charge >= 0.3 is 0 Å². The molecule has 7 heteroatoms. The summed E-state index contributed by atoms with van der Waals surface area (Å²) >= 11 is 11.7. The van der Waals surface area contributed by atoms with Crippen molar-refractivity contribution in [1.82, 2.24) is 5.32 Å². The van der Waals surface area contributed by atoms with E-state index in [1.807, 2.05) is 0 Å². The van der Waals surface area contributed by atoms with E-state index in [4.69, 9.17) is 33.7 Å². The van der Waals surface area contributed by atoms with Crippen LogP contribution in [0.15, 0.2) is 36.4 Å². The van der Waals surface area contributed by atoms with Crippen LogP contribution in [0.4, 0.5) is 10.1 Å². The number of hydrogen-bond donors (Lipinski definition) is 3. The molecule has 0 saturated carbocycles. The minimum Gasteiger partial charge on any atom is -0.491 e. The Bertz CT molecular complexity index is 650. The smallest absolute Gasteiger partial charge is 0.129 e. The topological polar surface area (TPSA) is 67.5 Å². The number of nitrogens with two attached hydrogens (primary N) is 1. The summed E-state index contributed by atoms with van der Waals surface area (Å²) in [6.45, 7) is 0.523. The molecule has 0 aliphatic heterocycles. The molecule has 0 spiro atoms. The van der Waals surface area contributed by atoms with E-state index in [-0.39, 0.29) is 25.5 Å². The van der Waals surface area contributed by atoms with Crippen molar-refractivity contribution in [2.24, 2.45) is 0 Å². The van der Waals surface area contributed by atoms with Crippen LogP contribution < -0.4 is 15.8 Å². The van der Waals surface area contributed by atoms with Crippen LogP contribution in [0.5, 0.6) is 5.75 Å². The van der Waals surface area contributed by atoms with E-state index in [1.54, 1.807) is 30.3 Å². The van der Waals surface area contributed by atoms with Gasteiger partial charge in [-0.3, -0.25) is 0 Å². The monoisotopic (exact) mass is 358 g/mol. The summed E-state index contributed by atoms with van der Waals surface area (Å²) in [7, 11) is 0. The van der Waals surface area contributed by atoms with Crippen molar-refractivity contribution in [1.29, 1.82) is 0 Å². The lowest BCUT2D eigenvalue weighted by Gasteiger charge is -2.14. The van der Waals surface area contributed by atoms with Crippen molar-refractivity contribution in [3.8, 4) is 5.75 Å². The summed E-state index contributed by atoms with van der Waals surface area (Å²) in [5.74, 6) is 0.135. The Labute approximate surface area is 144 Å². The number of nitrogens with one attached hydrogen (secondary N) is 1. The Kier molecular flexibility index (Phi) is 6.47. The van der Waals surface area contributed by atoms with Gasteiger partial charge in [0.15, 0.2) is 0 Å². The van der Waals surface area contributed by atoms with E-state index in [9.17, 15) is 9.50 Å². The van der Waals surface area contributed by atoms with Gasteiger partial charge in [-0.05, 0) is 24.3 Å². The highest BCUT2D eigenvalue weighted by Crippen LogP contribution is 2.26. The van der Waals surface area contributed by atoms with Gasteiger partial charge in [0.2, 0.25) is 0 Å². The third-order valence-corrected chi connectivity index (χ3v) is 3.91. The Morgan fingerprint density at radius 2 is 2.00 bits per heavy atom. The zero-order valence-corrected chi connectivity index (χ0v) is 13.7. The number of aliphatic hydroxyl groups excluding tert-OH is 1. The second kappa shape index (κ2) is 8.36. The van der Waals surface area contributed by atoms with E-state index >= 15 is 0 Å². The number of rotatable bonds is 7. The first kappa shape index (κ1) is 17.8. The van der Waals surface area contributed by atoms with Crippen LogP contribution in [-0.2, 0) is 6.54 Å². The van der Waals surface area contributed by atoms with Crippen LogP contribution in [0.3, 0.4) is 0 Å². The van der Waals surface area contributed by atoms with E-state index in [0.29, 0.717) is 27.0 Å². The summed E-state index contributed by atoms with van der Waals surface area (Å²) < 4.78 is 19.0. The maximum absolute atomic E-state index is 13.6. The standard InChI is InChI=1S/C16H17Cl2FN2O2/c17-13-5-4-11(6-14(13)18)23-9-10(22)7-21-8-12-15(19)2-1-3-16(12)20/h1-6,10,21-22H,7-9,20H2/t10-/m1/s1. The zero-order chi connectivity index (χ0) is 16.8. The molecule has 4 N–H and O–H groups in total. The zero-order valence-electron chi connectivity index (χ0n) is 12.2. The van der Waals surface area contributed by atoms with Crippen LogP contribution in [0, 0.1) is 5.82 Å². The first-order valence-electron chi connectivity index (χ1n) is 6.97. The van der Waals surface area contributed by atoms with E-state index in [0.717, 1.165) is 0 Å². The molecular weight excluding hydrogens is 342 g/mol. The largest absolute Gasteiger partial charge is 0.491 e. The second-order valence-electron chi connectivity index (χ2n) is 4.98. The third-order valence-electron chi connectivity index (χ3n) is 3.17. The molecule has 2 aromatic carbocycles. The average molecular weight is 359 g/mol. The van der Waals surface area contributed by atoms with Crippen LogP contribution in [-0.4, -0.2) is 24.4 Å². The molecule has 0 aromatic heterocycles. The predicted molar refractivity (Wildman–Crippen MR) is 90.5 cm³/mol. The lowest BCUT2D eigenvalue weighted by molar-refractivity contribution is 0.106. The van der Waals surface area contributed by atoms with Gasteiger partial charge in [0, 0.05) is 30.4 Å². The third kappa shape index (κ3) is 5.25. The minimum atomic E-state index is -0.766. The van der Waals surface area contributed by atoms with E-state index in [1.165, 1.54) is 6.07 Å². The van der Waals surface area contributed by atoms with Gasteiger partial charge in [-0.25, -0.2) is 4.39 Å². The Balaban J connectivity index is 1.77. The maximum Gasteiger partial charge on any atom is 0.129 e. The van der Waals surface area contributed by atoms with Crippen LogP contribution in [0.25, 0.3) is 0 Å². The Morgan fingerprint density at radius 3 is 2.70 bits per heavy atom. The summed E-state index contributed by atoms with van der Waals surface area (Å²) in [4.78, 5) is 0. The van der Waals surface area contributed by atoms with Crippen molar-refractivity contribution < 1.29 is 14.2 Å². The molecule has 0 heterocycles. The quantitative estimate of drug-likeness (QED) is 0.664. The molecule has 0 fully saturated rings. The van der Waals surface area contributed by atoms with Crippen molar-refractivity contribution in [3.63, 3.8) is 0 Å². The number of anilines is 1. The molecular formula is C16H17Cl2FN2O2. The van der Waals surface area contributed by atoms with Crippen molar-refractivity contribution >= 4 is 28.9 Å². The van der Waals surface area contributed by atoms with Crippen LogP contribution >= 0.6 is 23.2 Å². The lowest BCUT2D eigenvalue weighted by Crippen LogP contribution is -2.31. The molecule has 0 bridgehead atoms. The van der Waals surface area contributed by atoms with E-state index < -0.39 is 6.10 Å². The summed E-state index contributed by atoms with van der Waals surface area (Å²) in [6, 6.07) is 9.37. The van der Waals surface area contributed by atoms with Gasteiger partial charge in [0.05, 0.1) is 10.0 Å². The summed E-state index contributed by atoms with van der Waals surface area (Å²) in [5, 5.41) is 13.6. The highest BCUT2D eigenvalue weighted by molar-refractivity contribution is 6.42. The molecule has 2 rings (SSSR count). The van der Waals surface area contributed by atoms with Crippen molar-refractivity contribution in [2.75, 3.05) is 18.9 Å². The predicted octanol–water partition coefficient (Wildman–Crippen LogP) is 3.24. The van der Waals surface area contributed by atoms with Gasteiger partial charge < -0.3 is 20.9 Å². The maximum atomic E-state index is 13.6. The summed E-state index contributed by atoms with van der Waals surface area (Å²) in [6.07, 6.45) is -0.766. The number of nitrogen functional groups attached to an aromatic ring is 1. The lowest BCUT2D eigenvalue weighted by atomic mass is 10.1. The molecule has 0 unspecified atom stereocenters. The number of halogens is 3. The molecule has 23 heavy (non-hydrogen) atoms. The van der Waals surface area contributed by atoms with Crippen molar-refractivity contribution in [3.05, 3.63) is 57.8 Å². The van der Waals surface area contributed by atoms with Crippen LogP contribution in [0.2, 0.25) is 10.0 Å². The molecule has 0 saturated heterocycles. The molecule has 124 valence electrons. The highest BCUT2D eigenvalue weighted by Gasteiger charge is 2.09. The fourth-order valence-electron chi connectivity index (χ4n) is 1.94. The van der Waals surface area contributed by atoms with Crippen LogP contribution in [0.1, 0.15) is 5.56 Å². The van der Waals surface area contributed by atoms with Gasteiger partial charge in [-0.2, -0.15) is 0 Å². The molecule has 4 nitrogen and oxygen atoms in total. The van der Waals surface area contributed by atoms with Gasteiger partial charge in [-0.15, -0.1) is 0 Å². The Morgan fingerprint density at radius 1 is 1.22 bits per heavy atom. The number of hydrogen-bond acceptors (Lipinski definition) is 4. The SMILES string of the molecule is Nc1cccc(F)c1CNC[C@@H](O)COc1ccc(Cl)c(Cl)c1. The fraction of sp³-hybridized carbons (Fsp3) is 0.250. The number of benzene rings is 2. The van der Waals surface area contributed by atoms with E-state index in [2.05, 4.69) is 5.32 Å². The minimum absolute atomic E-state index is 0.0672. The van der Waals surface area contributed by atoms with Gasteiger partial charge in [0.1, 0.15) is 24.3 Å². The number of aliphatic hydroxyl groups is 1. The molecule has 2 aromatic rings. The second-order valence-corrected chi connectivity index (χ2v) is 5.79. The number of ether oxygens (including phenoxy) is 1. The Hall–Kier alpha value is -1.53. The fourth-order valence-corrected chi connectivity index (χ4v) is 2.23. The molecule has 0 aliphatic carbocycles. The highest BCUT2D eigenvalue weighted by atomic mass is 35.5. The summed E-state index contributed by atoms with van der Waals surface area (Å²) in [5.41, 5.74) is 6.46. The van der Waals surface area contributed by atoms with Gasteiger partial charge in [0.25, 0.3) is 0 Å². The first-order valence-corrected chi connectivity index (χ1v) is 7.72. The molecule has 0 aliphatic rings. The molecule has 1 atom stereocenters.